The number of anilines is 2. The molecule has 0 unspecified atom stereocenters. The Kier molecular flexibility index (Phi) is 4.22. The summed E-state index contributed by atoms with van der Waals surface area (Å²) in [5, 5.41) is 0.894. The minimum Gasteiger partial charge on any atom is -0.443 e. The molecule has 1 aromatic carbocycles. The Morgan fingerprint density at radius 1 is 1.12 bits per heavy atom. The van der Waals surface area contributed by atoms with E-state index in [4.69, 9.17) is 20.8 Å². The van der Waals surface area contributed by atoms with Crippen molar-refractivity contribution in [2.45, 2.75) is 64.9 Å². The number of amides is 1. The Morgan fingerprint density at radius 3 is 2.19 bits per heavy atom. The van der Waals surface area contributed by atoms with Crippen LogP contribution in [0.5, 0.6) is 0 Å². The fraction of sp³-hybridized carbons (Fsp3) is 0.500. The van der Waals surface area contributed by atoms with Gasteiger partial charge in [0, 0.05) is 5.02 Å². The molecule has 0 bridgehead atoms. The van der Waals surface area contributed by atoms with Crippen LogP contribution in [0, 0.1) is 0 Å². The normalized spacial score (nSPS) is 15.7. The number of hydrogen-bond donors (Lipinski definition) is 0. The van der Waals surface area contributed by atoms with Gasteiger partial charge in [-0.15, -0.1) is 0 Å². The number of fused-ring (bicyclic) bond motifs is 2. The van der Waals surface area contributed by atoms with Gasteiger partial charge in [0.2, 0.25) is 0 Å². The van der Waals surface area contributed by atoms with Crippen LogP contribution in [-0.2, 0) is 30.4 Å². The monoisotopic (exact) mass is 374 g/mol. The molecule has 0 atom stereocenters. The fourth-order valence-electron chi connectivity index (χ4n) is 4.03. The Hall–Kier alpha value is -2.01. The summed E-state index contributed by atoms with van der Waals surface area (Å²) in [5.41, 5.74) is 4.89. The van der Waals surface area contributed by atoms with Crippen molar-refractivity contribution in [2.75, 3.05) is 4.90 Å². The maximum absolute atomic E-state index is 13.1. The highest BCUT2D eigenvalue weighted by molar-refractivity contribution is 6.32. The van der Waals surface area contributed by atoms with Crippen LogP contribution in [-0.4, -0.2) is 16.7 Å². The number of rotatable bonds is 2. The van der Waals surface area contributed by atoms with Crippen LogP contribution in [0.3, 0.4) is 0 Å². The zero-order valence-corrected chi connectivity index (χ0v) is 16.2. The molecule has 0 saturated carbocycles. The second kappa shape index (κ2) is 6.31. The Morgan fingerprint density at radius 2 is 1.69 bits per heavy atom. The van der Waals surface area contributed by atoms with E-state index < -0.39 is 11.7 Å². The molecule has 4 rings (SSSR count). The molecule has 1 amide bonds. The molecule has 26 heavy (non-hydrogen) atoms. The molecular formula is C20H23ClN2O3. The number of carbonyl (C=O) groups excluding carboxylic acids is 1. The van der Waals surface area contributed by atoms with Crippen molar-refractivity contribution in [1.82, 2.24) is 4.98 Å². The van der Waals surface area contributed by atoms with Gasteiger partial charge in [-0.3, -0.25) is 0 Å². The summed E-state index contributed by atoms with van der Waals surface area (Å²) >= 11 is 6.71. The quantitative estimate of drug-likeness (QED) is 0.708. The highest BCUT2D eigenvalue weighted by Crippen LogP contribution is 2.47. The third kappa shape index (κ3) is 2.88. The average Bonchev–Trinajstić information content (AvgIpc) is 3.28. The predicted molar refractivity (Wildman–Crippen MR) is 100 cm³/mol. The molecule has 0 saturated heterocycles. The zero-order valence-electron chi connectivity index (χ0n) is 15.4. The van der Waals surface area contributed by atoms with E-state index in [1.165, 1.54) is 22.3 Å². The van der Waals surface area contributed by atoms with Crippen molar-refractivity contribution < 1.29 is 13.9 Å². The SMILES string of the molecule is CC(C)(C)OC(=O)N(c1ncco1)c1c2c(c(Cl)c3c1CCC3)CCC2. The molecule has 0 fully saturated rings. The van der Waals surface area contributed by atoms with Crippen molar-refractivity contribution >= 4 is 29.4 Å². The van der Waals surface area contributed by atoms with Crippen LogP contribution in [0.2, 0.25) is 5.02 Å². The van der Waals surface area contributed by atoms with Gasteiger partial charge in [-0.2, -0.15) is 4.90 Å². The molecule has 1 aromatic heterocycles. The molecule has 0 N–H and O–H groups in total. The first kappa shape index (κ1) is 17.4. The van der Waals surface area contributed by atoms with E-state index in [9.17, 15) is 4.79 Å². The first-order valence-corrected chi connectivity index (χ1v) is 9.52. The van der Waals surface area contributed by atoms with E-state index in [-0.39, 0.29) is 6.01 Å². The molecule has 0 radical (unpaired) electrons. The number of hydrogen-bond acceptors (Lipinski definition) is 4. The van der Waals surface area contributed by atoms with Crippen molar-refractivity contribution in [1.29, 1.82) is 0 Å². The van der Waals surface area contributed by atoms with Gasteiger partial charge in [-0.05, 0) is 81.5 Å². The molecular weight excluding hydrogens is 352 g/mol. The van der Waals surface area contributed by atoms with Gasteiger partial charge in [-0.25, -0.2) is 9.78 Å². The molecule has 1 heterocycles. The van der Waals surface area contributed by atoms with Crippen LogP contribution in [0.25, 0.3) is 0 Å². The third-order valence-electron chi connectivity index (χ3n) is 4.95. The van der Waals surface area contributed by atoms with Gasteiger partial charge in [0.05, 0.1) is 11.9 Å². The highest BCUT2D eigenvalue weighted by Gasteiger charge is 2.36. The second-order valence-corrected chi connectivity index (χ2v) is 8.29. The van der Waals surface area contributed by atoms with E-state index >= 15 is 0 Å². The van der Waals surface area contributed by atoms with E-state index in [1.54, 1.807) is 6.20 Å². The summed E-state index contributed by atoms with van der Waals surface area (Å²) in [6.45, 7) is 5.57. The number of benzene rings is 1. The summed E-state index contributed by atoms with van der Waals surface area (Å²) in [4.78, 5) is 18.9. The molecule has 2 aliphatic rings. The second-order valence-electron chi connectivity index (χ2n) is 7.91. The maximum atomic E-state index is 13.1. The number of nitrogens with zero attached hydrogens (tertiary/aromatic N) is 2. The number of ether oxygens (including phenoxy) is 1. The fourth-order valence-corrected chi connectivity index (χ4v) is 4.44. The molecule has 6 heteroatoms. The lowest BCUT2D eigenvalue weighted by Gasteiger charge is -2.28. The molecule has 2 aliphatic carbocycles. The summed E-state index contributed by atoms with van der Waals surface area (Å²) in [5.74, 6) is 0. The molecule has 2 aromatic rings. The topological polar surface area (TPSA) is 55.6 Å². The lowest BCUT2D eigenvalue weighted by atomic mass is 9.97. The maximum Gasteiger partial charge on any atom is 0.423 e. The molecule has 138 valence electrons. The van der Waals surface area contributed by atoms with E-state index in [1.807, 2.05) is 20.8 Å². The number of aromatic nitrogens is 1. The number of oxazole rings is 1. The van der Waals surface area contributed by atoms with Gasteiger partial charge >= 0.3 is 12.1 Å². The minimum absolute atomic E-state index is 0.241. The van der Waals surface area contributed by atoms with Crippen molar-refractivity contribution in [2.24, 2.45) is 0 Å². The molecule has 0 spiro atoms. The van der Waals surface area contributed by atoms with Crippen LogP contribution >= 0.6 is 11.6 Å². The standard InChI is InChI=1S/C20H23ClN2O3/c1-20(2,3)26-19(24)23(18-22-10-11-25-18)17-14-8-4-6-12(14)16(21)13-7-5-9-15(13)17/h10-11H,4-9H2,1-3H3. The van der Waals surface area contributed by atoms with E-state index in [2.05, 4.69) is 4.98 Å². The summed E-state index contributed by atoms with van der Waals surface area (Å²) in [6.07, 6.45) is 8.33. The highest BCUT2D eigenvalue weighted by atomic mass is 35.5. The third-order valence-corrected chi connectivity index (χ3v) is 5.40. The van der Waals surface area contributed by atoms with E-state index in [0.717, 1.165) is 60.4 Å². The van der Waals surface area contributed by atoms with E-state index in [0.29, 0.717) is 0 Å². The van der Waals surface area contributed by atoms with Gasteiger partial charge < -0.3 is 9.15 Å². The first-order valence-electron chi connectivity index (χ1n) is 9.14. The van der Waals surface area contributed by atoms with Crippen molar-refractivity contribution in [3.63, 3.8) is 0 Å². The lowest BCUT2D eigenvalue weighted by molar-refractivity contribution is 0.0592. The largest absolute Gasteiger partial charge is 0.443 e. The van der Waals surface area contributed by atoms with Gasteiger partial charge in [0.15, 0.2) is 0 Å². The molecule has 5 nitrogen and oxygen atoms in total. The smallest absolute Gasteiger partial charge is 0.423 e. The van der Waals surface area contributed by atoms with Crippen LogP contribution in [0.4, 0.5) is 16.5 Å². The van der Waals surface area contributed by atoms with Gasteiger partial charge in [-0.1, -0.05) is 11.6 Å². The predicted octanol–water partition coefficient (Wildman–Crippen LogP) is 5.38. The summed E-state index contributed by atoms with van der Waals surface area (Å²) < 4.78 is 11.2. The minimum atomic E-state index is -0.610. The Balaban J connectivity index is 1.92. The van der Waals surface area contributed by atoms with Crippen LogP contribution in [0.1, 0.15) is 55.9 Å². The Labute approximate surface area is 158 Å². The Bertz CT molecular complexity index is 818. The van der Waals surface area contributed by atoms with Gasteiger partial charge in [0.1, 0.15) is 11.9 Å². The summed E-state index contributed by atoms with van der Waals surface area (Å²) in [6, 6.07) is 0.241. The lowest BCUT2D eigenvalue weighted by Crippen LogP contribution is -2.35. The zero-order chi connectivity index (χ0) is 18.5. The van der Waals surface area contributed by atoms with Crippen molar-refractivity contribution in [3.8, 4) is 0 Å². The number of carbonyl (C=O) groups is 1. The summed E-state index contributed by atoms with van der Waals surface area (Å²) in [7, 11) is 0. The molecule has 0 aliphatic heterocycles. The average molecular weight is 375 g/mol. The van der Waals surface area contributed by atoms with Crippen LogP contribution in [0.15, 0.2) is 16.9 Å². The van der Waals surface area contributed by atoms with Crippen LogP contribution < -0.4 is 4.90 Å². The van der Waals surface area contributed by atoms with Crippen molar-refractivity contribution in [3.05, 3.63) is 39.7 Å². The number of halogens is 1. The first-order chi connectivity index (χ1) is 12.4. The van der Waals surface area contributed by atoms with Gasteiger partial charge in [0.25, 0.3) is 0 Å².